The topological polar surface area (TPSA) is 119 Å². The molecule has 1 fully saturated rings. The predicted molar refractivity (Wildman–Crippen MR) is 56.9 cm³/mol. The molecule has 0 aliphatic carbocycles. The van der Waals surface area contributed by atoms with Gasteiger partial charge in [-0.1, -0.05) is 0 Å². The van der Waals surface area contributed by atoms with Gasteiger partial charge in [0.25, 0.3) is 0 Å². The summed E-state index contributed by atoms with van der Waals surface area (Å²) < 4.78 is 5.13. The van der Waals surface area contributed by atoms with E-state index in [-0.39, 0.29) is 12.5 Å². The lowest BCUT2D eigenvalue weighted by molar-refractivity contribution is -0.144. The summed E-state index contributed by atoms with van der Waals surface area (Å²) in [6, 6.07) is -1.26. The third-order valence-corrected chi connectivity index (χ3v) is 2.55. The number of rotatable bonds is 5. The lowest BCUT2D eigenvalue weighted by Crippen LogP contribution is -2.47. The molecule has 7 heteroatoms. The highest BCUT2D eigenvalue weighted by atomic mass is 16.5. The second-order valence-electron chi connectivity index (χ2n) is 3.98. The zero-order chi connectivity index (χ0) is 12.8. The monoisotopic (exact) mass is 244 g/mol. The van der Waals surface area contributed by atoms with E-state index in [9.17, 15) is 14.4 Å². The van der Waals surface area contributed by atoms with Crippen LogP contribution < -0.4 is 11.1 Å². The van der Waals surface area contributed by atoms with Gasteiger partial charge in [-0.05, 0) is 12.8 Å². The van der Waals surface area contributed by atoms with E-state index in [0.717, 1.165) is 6.42 Å². The van der Waals surface area contributed by atoms with Crippen LogP contribution in [-0.4, -0.2) is 42.1 Å². The smallest absolute Gasteiger partial charge is 0.326 e. The van der Waals surface area contributed by atoms with Crippen molar-refractivity contribution < 1.29 is 24.2 Å². The van der Waals surface area contributed by atoms with Gasteiger partial charge in [-0.3, -0.25) is 9.59 Å². The van der Waals surface area contributed by atoms with E-state index in [1.165, 1.54) is 0 Å². The number of carbonyl (C=O) groups excluding carboxylic acids is 2. The van der Waals surface area contributed by atoms with Gasteiger partial charge in [0.2, 0.25) is 11.8 Å². The van der Waals surface area contributed by atoms with E-state index in [2.05, 4.69) is 5.32 Å². The molecule has 1 aliphatic rings. The summed E-state index contributed by atoms with van der Waals surface area (Å²) in [4.78, 5) is 33.1. The Hall–Kier alpha value is -1.63. The van der Waals surface area contributed by atoms with Crippen LogP contribution >= 0.6 is 0 Å². The molecule has 1 rings (SSSR count). The maximum atomic E-state index is 11.7. The molecule has 2 amide bonds. The SMILES string of the molecule is NC(=O)C[C@@H](NC(=O)C1CCCOC1)C(=O)O. The third kappa shape index (κ3) is 4.39. The highest BCUT2D eigenvalue weighted by Crippen LogP contribution is 2.13. The molecule has 0 spiro atoms. The maximum absolute atomic E-state index is 11.7. The van der Waals surface area contributed by atoms with Crippen molar-refractivity contribution in [1.29, 1.82) is 0 Å². The van der Waals surface area contributed by atoms with Crippen LogP contribution in [0.2, 0.25) is 0 Å². The molecule has 0 aromatic carbocycles. The Labute approximate surface area is 98.3 Å². The number of ether oxygens (including phenoxy) is 1. The molecule has 0 saturated carbocycles. The van der Waals surface area contributed by atoms with Crippen molar-refractivity contribution in [3.05, 3.63) is 0 Å². The Morgan fingerprint density at radius 2 is 2.18 bits per heavy atom. The minimum Gasteiger partial charge on any atom is -0.480 e. The first kappa shape index (κ1) is 13.4. The van der Waals surface area contributed by atoms with Crippen molar-refractivity contribution >= 4 is 17.8 Å². The van der Waals surface area contributed by atoms with Gasteiger partial charge >= 0.3 is 5.97 Å². The van der Waals surface area contributed by atoms with Gasteiger partial charge in [0.05, 0.1) is 18.9 Å². The Kier molecular flexibility index (Phi) is 4.89. The Morgan fingerprint density at radius 1 is 1.47 bits per heavy atom. The largest absolute Gasteiger partial charge is 0.480 e. The summed E-state index contributed by atoms with van der Waals surface area (Å²) >= 11 is 0. The lowest BCUT2D eigenvalue weighted by Gasteiger charge is -2.23. The van der Waals surface area contributed by atoms with Gasteiger partial charge in [0, 0.05) is 6.61 Å². The Morgan fingerprint density at radius 3 is 2.65 bits per heavy atom. The molecule has 1 unspecified atom stereocenters. The van der Waals surface area contributed by atoms with Crippen LogP contribution in [0.4, 0.5) is 0 Å². The molecular weight excluding hydrogens is 228 g/mol. The molecule has 96 valence electrons. The van der Waals surface area contributed by atoms with Crippen LogP contribution in [0, 0.1) is 5.92 Å². The molecule has 2 atom stereocenters. The predicted octanol–water partition coefficient (Wildman–Crippen LogP) is -1.14. The fraction of sp³-hybridized carbons (Fsp3) is 0.700. The second-order valence-corrected chi connectivity index (χ2v) is 3.98. The molecule has 7 nitrogen and oxygen atoms in total. The van der Waals surface area contributed by atoms with Crippen molar-refractivity contribution in [3.8, 4) is 0 Å². The van der Waals surface area contributed by atoms with E-state index < -0.39 is 30.2 Å². The van der Waals surface area contributed by atoms with Gasteiger partial charge in [0.1, 0.15) is 6.04 Å². The number of carbonyl (C=O) groups is 3. The molecule has 0 aromatic rings. The maximum Gasteiger partial charge on any atom is 0.326 e. The average molecular weight is 244 g/mol. The summed E-state index contributed by atoms with van der Waals surface area (Å²) in [6.45, 7) is 0.905. The first-order valence-corrected chi connectivity index (χ1v) is 5.40. The molecule has 4 N–H and O–H groups in total. The van der Waals surface area contributed by atoms with Crippen LogP contribution in [0.5, 0.6) is 0 Å². The van der Waals surface area contributed by atoms with E-state index in [1.54, 1.807) is 0 Å². The van der Waals surface area contributed by atoms with Crippen molar-refractivity contribution in [3.63, 3.8) is 0 Å². The lowest BCUT2D eigenvalue weighted by atomic mass is 10.0. The standard InChI is InChI=1S/C10H16N2O5/c11-8(13)4-7(10(15)16)12-9(14)6-2-1-3-17-5-6/h6-7H,1-5H2,(H2,11,13)(H,12,14)(H,15,16)/t6?,7-/m1/s1. The number of primary amides is 1. The quantitative estimate of drug-likeness (QED) is 0.564. The van der Waals surface area contributed by atoms with Crippen LogP contribution in [0.15, 0.2) is 0 Å². The van der Waals surface area contributed by atoms with Gasteiger partial charge in [-0.25, -0.2) is 4.79 Å². The van der Waals surface area contributed by atoms with Gasteiger partial charge in [0.15, 0.2) is 0 Å². The molecule has 1 saturated heterocycles. The molecule has 1 heterocycles. The van der Waals surface area contributed by atoms with Crippen LogP contribution in [0.25, 0.3) is 0 Å². The van der Waals surface area contributed by atoms with Crippen LogP contribution in [0.3, 0.4) is 0 Å². The van der Waals surface area contributed by atoms with Gasteiger partial charge < -0.3 is 20.9 Å². The van der Waals surface area contributed by atoms with Gasteiger partial charge in [-0.15, -0.1) is 0 Å². The Balaban J connectivity index is 2.50. The number of nitrogens with one attached hydrogen (secondary N) is 1. The fourth-order valence-electron chi connectivity index (χ4n) is 1.64. The molecule has 0 radical (unpaired) electrons. The number of hydrogen-bond donors (Lipinski definition) is 3. The zero-order valence-electron chi connectivity index (χ0n) is 9.35. The summed E-state index contributed by atoms with van der Waals surface area (Å²) in [7, 11) is 0. The minimum atomic E-state index is -1.27. The fourth-order valence-corrected chi connectivity index (χ4v) is 1.64. The normalized spacial score (nSPS) is 21.5. The number of hydrogen-bond acceptors (Lipinski definition) is 4. The number of carboxylic acids is 1. The van der Waals surface area contributed by atoms with Gasteiger partial charge in [-0.2, -0.15) is 0 Å². The average Bonchev–Trinajstić information content (AvgIpc) is 2.28. The number of aliphatic carboxylic acids is 1. The molecular formula is C10H16N2O5. The second kappa shape index (κ2) is 6.19. The van der Waals surface area contributed by atoms with E-state index >= 15 is 0 Å². The first-order valence-electron chi connectivity index (χ1n) is 5.40. The molecule has 0 bridgehead atoms. The van der Waals surface area contributed by atoms with Crippen LogP contribution in [0.1, 0.15) is 19.3 Å². The third-order valence-electron chi connectivity index (χ3n) is 2.55. The van der Waals surface area contributed by atoms with E-state index in [0.29, 0.717) is 13.0 Å². The Bertz CT molecular complexity index is 312. The van der Waals surface area contributed by atoms with Crippen molar-refractivity contribution in [2.75, 3.05) is 13.2 Å². The summed E-state index contributed by atoms with van der Waals surface area (Å²) in [5, 5.41) is 11.1. The van der Waals surface area contributed by atoms with Crippen molar-refractivity contribution in [2.45, 2.75) is 25.3 Å². The van der Waals surface area contributed by atoms with E-state index in [4.69, 9.17) is 15.6 Å². The highest BCUT2D eigenvalue weighted by molar-refractivity contribution is 5.88. The minimum absolute atomic E-state index is 0.286. The summed E-state index contributed by atoms with van der Waals surface area (Å²) in [5.41, 5.74) is 4.91. The molecule has 17 heavy (non-hydrogen) atoms. The summed E-state index contributed by atoms with van der Waals surface area (Å²) in [6.07, 6.45) is 1.02. The molecule has 0 aromatic heterocycles. The van der Waals surface area contributed by atoms with Crippen molar-refractivity contribution in [1.82, 2.24) is 5.32 Å². The van der Waals surface area contributed by atoms with Crippen molar-refractivity contribution in [2.24, 2.45) is 11.7 Å². The first-order chi connectivity index (χ1) is 8.00. The molecule has 1 aliphatic heterocycles. The number of amides is 2. The number of nitrogens with two attached hydrogens (primary N) is 1. The van der Waals surface area contributed by atoms with E-state index in [1.807, 2.05) is 0 Å². The summed E-state index contributed by atoms with van der Waals surface area (Å²) in [5.74, 6) is -2.79. The zero-order valence-corrected chi connectivity index (χ0v) is 9.35. The van der Waals surface area contributed by atoms with Crippen LogP contribution in [-0.2, 0) is 19.1 Å². The highest BCUT2D eigenvalue weighted by Gasteiger charge is 2.27. The number of carboxylic acid groups (broad SMARTS) is 1.